The minimum atomic E-state index is -0.980. The summed E-state index contributed by atoms with van der Waals surface area (Å²) in [5.41, 5.74) is 1.70. The summed E-state index contributed by atoms with van der Waals surface area (Å²) in [6.45, 7) is 0. The number of rotatable bonds is 4. The monoisotopic (exact) mass is 468 g/mol. The number of carbonyl (C=O) groups excluding carboxylic acids is 1. The number of hydrogen-bond acceptors (Lipinski definition) is 5. The number of nitrogens with one attached hydrogen (secondary N) is 1. The smallest absolute Gasteiger partial charge is 0.335 e. The molecule has 0 spiro atoms. The van der Waals surface area contributed by atoms with Gasteiger partial charge in [-0.2, -0.15) is 0 Å². The molecule has 6 nitrogen and oxygen atoms in total. The van der Waals surface area contributed by atoms with Gasteiger partial charge in [-0.05, 0) is 60.3 Å². The number of thioether (sulfide) groups is 1. The van der Waals surface area contributed by atoms with Gasteiger partial charge in [0.2, 0.25) is 0 Å². The van der Waals surface area contributed by atoms with E-state index in [2.05, 4.69) is 26.2 Å². The molecule has 0 radical (unpaired) electrons. The zero-order valence-corrected chi connectivity index (χ0v) is 17.2. The van der Waals surface area contributed by atoms with Crippen molar-refractivity contribution in [3.63, 3.8) is 0 Å². The van der Waals surface area contributed by atoms with Gasteiger partial charge in [0, 0.05) is 16.1 Å². The van der Waals surface area contributed by atoms with Crippen LogP contribution in [0.15, 0.2) is 79.5 Å². The van der Waals surface area contributed by atoms with Gasteiger partial charge in [-0.1, -0.05) is 28.1 Å². The molecule has 1 saturated heterocycles. The topological polar surface area (TPSA) is 91.9 Å². The Morgan fingerprint density at radius 1 is 1.07 bits per heavy atom. The van der Waals surface area contributed by atoms with Crippen LogP contribution in [0.25, 0.3) is 17.4 Å². The summed E-state index contributed by atoms with van der Waals surface area (Å²) in [7, 11) is 0. The Morgan fingerprint density at radius 2 is 1.79 bits per heavy atom. The molecule has 1 aliphatic heterocycles. The normalized spacial score (nSPS) is 16.4. The third kappa shape index (κ3) is 4.49. The van der Waals surface area contributed by atoms with Crippen LogP contribution in [0.5, 0.6) is 0 Å². The number of furan rings is 1. The maximum atomic E-state index is 12.2. The predicted molar refractivity (Wildman–Crippen MR) is 116 cm³/mol. The predicted octanol–water partition coefficient (Wildman–Crippen LogP) is 5.30. The molecule has 0 aliphatic carbocycles. The first-order chi connectivity index (χ1) is 14.0. The summed E-state index contributed by atoms with van der Waals surface area (Å²) in [4.78, 5) is 28.1. The Bertz CT molecular complexity index is 1150. The molecule has 0 bridgehead atoms. The third-order valence-electron chi connectivity index (χ3n) is 4.02. The average Bonchev–Trinajstić information content (AvgIpc) is 3.31. The van der Waals surface area contributed by atoms with E-state index in [0.717, 1.165) is 15.7 Å². The molecule has 144 valence electrons. The second kappa shape index (κ2) is 8.10. The summed E-state index contributed by atoms with van der Waals surface area (Å²) in [6.07, 6.45) is 1.65. The largest absolute Gasteiger partial charge is 0.478 e. The van der Waals surface area contributed by atoms with Gasteiger partial charge in [0.25, 0.3) is 5.91 Å². The Balaban J connectivity index is 1.52. The quantitative estimate of drug-likeness (QED) is 0.506. The number of hydrogen-bond donors (Lipinski definition) is 2. The number of amides is 1. The number of aromatic carboxylic acids is 1. The lowest BCUT2D eigenvalue weighted by Crippen LogP contribution is -2.19. The molecule has 3 aromatic rings. The molecule has 0 atom stereocenters. The van der Waals surface area contributed by atoms with Gasteiger partial charge in [0.1, 0.15) is 11.5 Å². The van der Waals surface area contributed by atoms with Crippen LogP contribution in [0.1, 0.15) is 16.1 Å². The number of amidine groups is 1. The highest BCUT2D eigenvalue weighted by atomic mass is 79.9. The Morgan fingerprint density at radius 3 is 2.48 bits per heavy atom. The van der Waals surface area contributed by atoms with E-state index in [0.29, 0.717) is 21.6 Å². The molecule has 0 unspecified atom stereocenters. The van der Waals surface area contributed by atoms with Crippen molar-refractivity contribution in [1.29, 1.82) is 0 Å². The number of carboxylic acids is 1. The summed E-state index contributed by atoms with van der Waals surface area (Å²) < 4.78 is 6.74. The number of nitrogens with zero attached hydrogens (tertiary/aromatic N) is 1. The van der Waals surface area contributed by atoms with E-state index >= 15 is 0 Å². The van der Waals surface area contributed by atoms with Crippen molar-refractivity contribution in [2.75, 3.05) is 0 Å². The lowest BCUT2D eigenvalue weighted by Gasteiger charge is -1.98. The number of benzene rings is 2. The molecule has 2 aromatic carbocycles. The van der Waals surface area contributed by atoms with Crippen molar-refractivity contribution in [3.8, 4) is 11.3 Å². The minimum absolute atomic E-state index is 0.208. The second-order valence-electron chi connectivity index (χ2n) is 6.04. The van der Waals surface area contributed by atoms with Gasteiger partial charge in [-0.15, -0.1) is 0 Å². The van der Waals surface area contributed by atoms with Crippen LogP contribution >= 0.6 is 27.7 Å². The zero-order valence-electron chi connectivity index (χ0n) is 14.8. The standard InChI is InChI=1S/C21H13BrN2O4S/c22-14-5-7-15(8-6-14)23-21-24-19(25)18(29-21)11-16-9-10-17(28-16)12-1-3-13(4-2-12)20(26)27/h1-11H,(H,26,27)(H,23,24,25)/b18-11-. The molecule has 2 N–H and O–H groups in total. The van der Waals surface area contributed by atoms with E-state index in [-0.39, 0.29) is 11.5 Å². The van der Waals surface area contributed by atoms with E-state index < -0.39 is 5.97 Å². The molecule has 8 heteroatoms. The first-order valence-electron chi connectivity index (χ1n) is 8.47. The van der Waals surface area contributed by atoms with Crippen molar-refractivity contribution in [2.24, 2.45) is 4.99 Å². The molecule has 1 aromatic heterocycles. The highest BCUT2D eigenvalue weighted by Crippen LogP contribution is 2.30. The highest BCUT2D eigenvalue weighted by molar-refractivity contribution is 9.10. The summed E-state index contributed by atoms with van der Waals surface area (Å²) >= 11 is 4.61. The Hall–Kier alpha value is -3.10. The van der Waals surface area contributed by atoms with Crippen LogP contribution in [0.4, 0.5) is 5.69 Å². The number of aliphatic imine (C=N–C) groups is 1. The molecule has 1 amide bonds. The van der Waals surface area contributed by atoms with Gasteiger partial charge in [-0.25, -0.2) is 9.79 Å². The second-order valence-corrected chi connectivity index (χ2v) is 7.99. The van der Waals surface area contributed by atoms with Crippen LogP contribution in [-0.4, -0.2) is 22.2 Å². The van der Waals surface area contributed by atoms with Gasteiger partial charge in [0.15, 0.2) is 5.17 Å². The van der Waals surface area contributed by atoms with Gasteiger partial charge in [0.05, 0.1) is 16.2 Å². The van der Waals surface area contributed by atoms with Gasteiger partial charge < -0.3 is 14.8 Å². The maximum Gasteiger partial charge on any atom is 0.335 e. The van der Waals surface area contributed by atoms with E-state index in [9.17, 15) is 9.59 Å². The first-order valence-corrected chi connectivity index (χ1v) is 10.1. The van der Waals surface area contributed by atoms with E-state index in [4.69, 9.17) is 9.52 Å². The highest BCUT2D eigenvalue weighted by Gasteiger charge is 2.24. The van der Waals surface area contributed by atoms with E-state index in [1.54, 1.807) is 30.3 Å². The lowest BCUT2D eigenvalue weighted by molar-refractivity contribution is -0.115. The molecule has 0 saturated carbocycles. The number of halogens is 1. The van der Waals surface area contributed by atoms with E-state index in [1.165, 1.54) is 23.9 Å². The van der Waals surface area contributed by atoms with Crippen LogP contribution in [-0.2, 0) is 4.79 Å². The fraction of sp³-hybridized carbons (Fsp3) is 0. The number of carbonyl (C=O) groups is 2. The molecule has 4 rings (SSSR count). The molecule has 1 fully saturated rings. The van der Waals surface area contributed by atoms with Crippen molar-refractivity contribution < 1.29 is 19.1 Å². The Kier molecular flexibility index (Phi) is 5.37. The van der Waals surface area contributed by atoms with Crippen molar-refractivity contribution >= 4 is 56.5 Å². The maximum absolute atomic E-state index is 12.2. The summed E-state index contributed by atoms with van der Waals surface area (Å²) in [5, 5.41) is 12.2. The zero-order chi connectivity index (χ0) is 20.4. The van der Waals surface area contributed by atoms with Crippen LogP contribution in [0, 0.1) is 0 Å². The van der Waals surface area contributed by atoms with Crippen LogP contribution in [0.3, 0.4) is 0 Å². The third-order valence-corrected chi connectivity index (χ3v) is 5.46. The summed E-state index contributed by atoms with van der Waals surface area (Å²) in [6, 6.07) is 17.4. The fourth-order valence-electron chi connectivity index (χ4n) is 2.61. The summed E-state index contributed by atoms with van der Waals surface area (Å²) in [5.74, 6) is -0.119. The molecule has 2 heterocycles. The molecular weight excluding hydrogens is 456 g/mol. The molecule has 29 heavy (non-hydrogen) atoms. The Labute approximate surface area is 178 Å². The van der Waals surface area contributed by atoms with Crippen molar-refractivity contribution in [3.05, 3.63) is 81.4 Å². The first kappa shape index (κ1) is 19.2. The van der Waals surface area contributed by atoms with Crippen molar-refractivity contribution in [2.45, 2.75) is 0 Å². The van der Waals surface area contributed by atoms with Crippen molar-refractivity contribution in [1.82, 2.24) is 5.32 Å². The van der Waals surface area contributed by atoms with Gasteiger partial charge >= 0.3 is 5.97 Å². The minimum Gasteiger partial charge on any atom is -0.478 e. The van der Waals surface area contributed by atoms with E-state index in [1.807, 2.05) is 24.3 Å². The van der Waals surface area contributed by atoms with Gasteiger partial charge in [-0.3, -0.25) is 4.79 Å². The lowest BCUT2D eigenvalue weighted by atomic mass is 10.1. The van der Waals surface area contributed by atoms with Crippen LogP contribution < -0.4 is 5.32 Å². The number of carboxylic acid groups (broad SMARTS) is 1. The fourth-order valence-corrected chi connectivity index (χ4v) is 3.69. The molecule has 1 aliphatic rings. The average molecular weight is 469 g/mol. The van der Waals surface area contributed by atoms with Crippen LogP contribution in [0.2, 0.25) is 0 Å². The molecular formula is C21H13BrN2O4S. The SMILES string of the molecule is O=C1NC(=Nc2ccc(Br)cc2)S/C1=C\c1ccc(-c2ccc(C(=O)O)cc2)o1.